The molecule has 0 aromatic rings. The molecule has 0 bridgehead atoms. The van der Waals surface area contributed by atoms with Crippen molar-refractivity contribution in [1.82, 2.24) is 5.01 Å². The molecule has 2 atom stereocenters. The van der Waals surface area contributed by atoms with Crippen LogP contribution in [0.4, 0.5) is 13.2 Å². The van der Waals surface area contributed by atoms with E-state index in [2.05, 4.69) is 5.10 Å². The lowest BCUT2D eigenvalue weighted by atomic mass is 10.0. The summed E-state index contributed by atoms with van der Waals surface area (Å²) < 4.78 is 31.7. The first kappa shape index (κ1) is 16.8. The molecule has 0 saturated carbocycles. The summed E-state index contributed by atoms with van der Waals surface area (Å²) in [6.07, 6.45) is -4.42. The molecule has 0 aromatic heterocycles. The van der Waals surface area contributed by atoms with Crippen molar-refractivity contribution in [3.63, 3.8) is 0 Å². The van der Waals surface area contributed by atoms with Crippen molar-refractivity contribution in [2.45, 2.75) is 25.2 Å². The van der Waals surface area contributed by atoms with Crippen LogP contribution in [0.2, 0.25) is 0 Å². The summed E-state index contributed by atoms with van der Waals surface area (Å²) in [6, 6.07) is -0.760. The third-order valence-electron chi connectivity index (χ3n) is 1.95. The molecule has 1 fully saturated rings. The number of amides is 1. The van der Waals surface area contributed by atoms with Gasteiger partial charge in [0.15, 0.2) is 0 Å². The lowest BCUT2D eigenvalue weighted by Crippen LogP contribution is -2.65. The minimum absolute atomic E-state index is 0.215. The van der Waals surface area contributed by atoms with E-state index in [1.54, 1.807) is 6.92 Å². The van der Waals surface area contributed by atoms with Gasteiger partial charge in [-0.3, -0.25) is 4.79 Å². The van der Waals surface area contributed by atoms with E-state index < -0.39 is 24.2 Å². The van der Waals surface area contributed by atoms with Crippen LogP contribution in [-0.4, -0.2) is 57.5 Å². The van der Waals surface area contributed by atoms with Gasteiger partial charge in [-0.05, 0) is 6.92 Å². The zero-order valence-corrected chi connectivity index (χ0v) is 9.46. The van der Waals surface area contributed by atoms with Gasteiger partial charge < -0.3 is 15.9 Å². The van der Waals surface area contributed by atoms with Crippen LogP contribution in [0, 0.1) is 0 Å². The van der Waals surface area contributed by atoms with Crippen molar-refractivity contribution in [3.05, 3.63) is 0 Å². The highest BCUT2D eigenvalue weighted by Crippen LogP contribution is 2.17. The van der Waals surface area contributed by atoms with Crippen molar-refractivity contribution in [2.24, 2.45) is 10.8 Å². The molecule has 0 unspecified atom stereocenters. The van der Waals surface area contributed by atoms with Gasteiger partial charge in [0.25, 0.3) is 5.91 Å². The normalized spacial score (nSPS) is 22.6. The molecule has 0 aliphatic carbocycles. The third-order valence-corrected chi connectivity index (χ3v) is 1.95. The third kappa shape index (κ3) is 4.91. The number of hydrogen-bond acceptors (Lipinski definition) is 5. The average molecular weight is 285 g/mol. The van der Waals surface area contributed by atoms with Gasteiger partial charge in [-0.1, -0.05) is 0 Å². The van der Waals surface area contributed by atoms with E-state index in [-0.39, 0.29) is 11.9 Å². The minimum Gasteiger partial charge on any atom is -0.477 e. The highest BCUT2D eigenvalue weighted by atomic mass is 19.4. The lowest BCUT2D eigenvalue weighted by molar-refractivity contribution is -0.192. The number of β-lactam (4-membered cyclic amide) rings is 1. The molecule has 11 heteroatoms. The van der Waals surface area contributed by atoms with Crippen LogP contribution in [0.5, 0.6) is 0 Å². The van der Waals surface area contributed by atoms with Gasteiger partial charge in [-0.15, -0.1) is 0 Å². The summed E-state index contributed by atoms with van der Waals surface area (Å²) in [5.74, 6) is -4.29. The summed E-state index contributed by atoms with van der Waals surface area (Å²) in [5.41, 5.74) is 5.35. The number of carbonyl (C=O) groups is 3. The number of hydrazone groups is 1. The number of nitrogens with two attached hydrogens (primary N) is 1. The first-order valence-corrected chi connectivity index (χ1v) is 4.64. The Balaban J connectivity index is 0.000000399. The van der Waals surface area contributed by atoms with Gasteiger partial charge in [0.1, 0.15) is 12.3 Å². The van der Waals surface area contributed by atoms with Gasteiger partial charge in [0.05, 0.1) is 6.04 Å². The van der Waals surface area contributed by atoms with Crippen LogP contribution in [-0.2, 0) is 14.4 Å². The van der Waals surface area contributed by atoms with E-state index in [4.69, 9.17) is 20.7 Å². The Bertz CT molecular complexity index is 409. The molecule has 1 rings (SSSR count). The second-order valence-corrected chi connectivity index (χ2v) is 3.33. The summed E-state index contributed by atoms with van der Waals surface area (Å²) in [7, 11) is 0. The van der Waals surface area contributed by atoms with Gasteiger partial charge in [0, 0.05) is 0 Å². The Hall–Kier alpha value is -2.17. The Morgan fingerprint density at radius 3 is 2.11 bits per heavy atom. The van der Waals surface area contributed by atoms with Crippen LogP contribution in [0.15, 0.2) is 5.10 Å². The van der Waals surface area contributed by atoms with E-state index in [1.165, 1.54) is 0 Å². The second kappa shape index (κ2) is 6.13. The average Bonchev–Trinajstić information content (AvgIpc) is 2.27. The quantitative estimate of drug-likeness (QED) is 0.451. The Morgan fingerprint density at radius 2 is 1.84 bits per heavy atom. The van der Waals surface area contributed by atoms with Crippen molar-refractivity contribution in [2.75, 3.05) is 0 Å². The van der Waals surface area contributed by atoms with Crippen LogP contribution < -0.4 is 5.73 Å². The summed E-state index contributed by atoms with van der Waals surface area (Å²) in [4.78, 5) is 29.8. The van der Waals surface area contributed by atoms with E-state index in [1.807, 2.05) is 0 Å². The lowest BCUT2D eigenvalue weighted by Gasteiger charge is -2.38. The molecule has 1 heterocycles. The van der Waals surface area contributed by atoms with Crippen molar-refractivity contribution in [1.29, 1.82) is 0 Å². The molecule has 1 aliphatic rings. The van der Waals surface area contributed by atoms with Gasteiger partial charge in [-0.25, -0.2) is 14.6 Å². The van der Waals surface area contributed by atoms with E-state index in [0.717, 1.165) is 5.01 Å². The van der Waals surface area contributed by atoms with Crippen LogP contribution in [0.25, 0.3) is 0 Å². The minimum atomic E-state index is -5.08. The van der Waals surface area contributed by atoms with Crippen LogP contribution in [0.3, 0.4) is 0 Å². The van der Waals surface area contributed by atoms with Crippen molar-refractivity contribution < 1.29 is 37.8 Å². The van der Waals surface area contributed by atoms with Gasteiger partial charge in [0.2, 0.25) is 0 Å². The molecule has 1 aliphatic heterocycles. The highest BCUT2D eigenvalue weighted by molar-refractivity contribution is 6.22. The SMILES string of the molecule is C[C@H]1[C@H](N)C(=O)N1N=CC(=O)O.O=C(O)C(F)(F)F. The molecule has 108 valence electrons. The maximum absolute atomic E-state index is 10.9. The summed E-state index contributed by atoms with van der Waals surface area (Å²) in [6.45, 7) is 1.70. The Morgan fingerprint density at radius 1 is 1.42 bits per heavy atom. The van der Waals surface area contributed by atoms with Crippen LogP contribution in [0.1, 0.15) is 6.92 Å². The number of rotatable bonds is 2. The molecular formula is C8H10F3N3O5. The van der Waals surface area contributed by atoms with Gasteiger partial charge in [-0.2, -0.15) is 18.3 Å². The predicted molar refractivity (Wildman–Crippen MR) is 54.1 cm³/mol. The predicted octanol–water partition coefficient (Wildman–Crippen LogP) is -0.752. The topological polar surface area (TPSA) is 133 Å². The van der Waals surface area contributed by atoms with Crippen LogP contribution >= 0.6 is 0 Å². The molecule has 19 heavy (non-hydrogen) atoms. The number of aliphatic carboxylic acids is 2. The molecule has 8 nitrogen and oxygen atoms in total. The Kier molecular flexibility index (Phi) is 5.43. The zero-order valence-electron chi connectivity index (χ0n) is 9.46. The summed E-state index contributed by atoms with van der Waals surface area (Å²) in [5, 5.41) is 19.8. The largest absolute Gasteiger partial charge is 0.490 e. The molecular weight excluding hydrogens is 275 g/mol. The molecule has 1 amide bonds. The monoisotopic (exact) mass is 285 g/mol. The summed E-state index contributed by atoms with van der Waals surface area (Å²) >= 11 is 0. The van der Waals surface area contributed by atoms with E-state index in [0.29, 0.717) is 6.21 Å². The first-order chi connectivity index (χ1) is 8.48. The fourth-order valence-electron chi connectivity index (χ4n) is 0.903. The Labute approximate surface area is 104 Å². The standard InChI is InChI=1S/C6H9N3O3.C2HF3O2/c1-3-5(7)6(12)9(3)8-2-4(10)11;3-2(4,5)1(6)7/h2-3,5H,7H2,1H3,(H,10,11);(H,6,7)/t3-,5-;/m0./s1. The number of nitrogens with zero attached hydrogens (tertiary/aromatic N) is 2. The number of carboxylic acids is 2. The first-order valence-electron chi connectivity index (χ1n) is 4.64. The maximum atomic E-state index is 10.9. The second-order valence-electron chi connectivity index (χ2n) is 3.33. The number of halogens is 3. The highest BCUT2D eigenvalue weighted by Gasteiger charge is 2.42. The molecule has 0 aromatic carbocycles. The number of carboxylic acid groups (broad SMARTS) is 2. The zero-order chi connectivity index (χ0) is 15.4. The fraction of sp³-hybridized carbons (Fsp3) is 0.500. The van der Waals surface area contributed by atoms with E-state index >= 15 is 0 Å². The number of alkyl halides is 3. The molecule has 0 spiro atoms. The smallest absolute Gasteiger partial charge is 0.477 e. The molecule has 0 radical (unpaired) electrons. The van der Waals surface area contributed by atoms with Crippen molar-refractivity contribution in [3.8, 4) is 0 Å². The number of hydrogen-bond donors (Lipinski definition) is 3. The van der Waals surface area contributed by atoms with Gasteiger partial charge >= 0.3 is 18.1 Å². The molecule has 4 N–H and O–H groups in total. The maximum Gasteiger partial charge on any atom is 0.490 e. The molecule has 1 saturated heterocycles. The van der Waals surface area contributed by atoms with Crippen molar-refractivity contribution >= 4 is 24.1 Å². The fourth-order valence-corrected chi connectivity index (χ4v) is 0.903. The number of carbonyl (C=O) groups excluding carboxylic acids is 1. The van der Waals surface area contributed by atoms with E-state index in [9.17, 15) is 22.8 Å².